The van der Waals surface area contributed by atoms with Crippen molar-refractivity contribution in [1.82, 2.24) is 35.2 Å². The molecule has 3 aromatic rings. The molecule has 0 aliphatic carbocycles. The lowest BCUT2D eigenvalue weighted by Crippen LogP contribution is -2.51. The number of aryl methyl sites for hydroxylation is 1. The zero-order valence-corrected chi connectivity index (χ0v) is 19.5. The number of piperazine rings is 1. The topological polar surface area (TPSA) is 179 Å². The summed E-state index contributed by atoms with van der Waals surface area (Å²) in [5, 5.41) is 14.6. The average Bonchev–Trinajstić information content (AvgIpc) is 3.45. The summed E-state index contributed by atoms with van der Waals surface area (Å²) in [6.45, 7) is 1.07. The first-order valence-corrected chi connectivity index (χ1v) is 11.4. The van der Waals surface area contributed by atoms with Crippen LogP contribution in [0.1, 0.15) is 34.9 Å². The van der Waals surface area contributed by atoms with Gasteiger partial charge in [-0.05, 0) is 22.8 Å². The van der Waals surface area contributed by atoms with E-state index in [1.54, 1.807) is 28.8 Å². The Kier molecular flexibility index (Phi) is 6.00. The van der Waals surface area contributed by atoms with Crippen LogP contribution in [0.4, 0.5) is 5.82 Å². The summed E-state index contributed by atoms with van der Waals surface area (Å²) in [4.78, 5) is 52.3. The maximum absolute atomic E-state index is 12.8. The smallest absolute Gasteiger partial charge is 0.280 e. The molecule has 14 nitrogen and oxygen atoms in total. The lowest BCUT2D eigenvalue weighted by atomic mass is 9.93. The molecule has 3 N–H and O–H groups in total. The first-order valence-electron chi connectivity index (χ1n) is 11.4. The normalized spacial score (nSPS) is 18.4. The van der Waals surface area contributed by atoms with E-state index in [1.165, 1.54) is 4.90 Å². The highest BCUT2D eigenvalue weighted by atomic mass is 16.6. The number of para-hydroxylation sites is 1. The van der Waals surface area contributed by atoms with Crippen molar-refractivity contribution < 1.29 is 28.5 Å². The van der Waals surface area contributed by atoms with Crippen LogP contribution in [0, 0.1) is 0 Å². The van der Waals surface area contributed by atoms with Crippen LogP contribution >= 0.6 is 0 Å². The van der Waals surface area contributed by atoms with Crippen LogP contribution in [0.25, 0.3) is 10.9 Å². The predicted octanol–water partition coefficient (Wildman–Crippen LogP) is -0.578. The first-order chi connectivity index (χ1) is 17.3. The number of amides is 4. The number of benzene rings is 1. The number of hydrogen-bond donors (Lipinski definition) is 2. The number of nitrogens with two attached hydrogens (primary N) is 1. The Bertz CT molecular complexity index is 1360. The van der Waals surface area contributed by atoms with E-state index in [-0.39, 0.29) is 42.3 Å². The monoisotopic (exact) mass is 496 g/mol. The Hall–Kier alpha value is -4.49. The van der Waals surface area contributed by atoms with Gasteiger partial charge in [-0.2, -0.15) is 5.10 Å². The standard InChI is InChI=1S/C22H24N8O6/c1-28-19-12(17(25-28)13-5-6-15(31)24-21(13)33)3-2-4-14(19)35-11-16(32)29-7-9-30(10-8-29)22(34)18-20(23)27-36-26-18/h2-4,13H,5-11H2,1H3,(H2,23,27)(H,24,31,33). The zero-order chi connectivity index (χ0) is 25.4. The highest BCUT2D eigenvalue weighted by molar-refractivity contribution is 6.03. The van der Waals surface area contributed by atoms with Crippen LogP contribution in [-0.4, -0.2) is 86.3 Å². The SMILES string of the molecule is Cn1nc(C2CCC(=O)NC2=O)c2cccc(OCC(=O)N3CCN(C(=O)c4nonc4N)CC3)c21. The second-order valence-electron chi connectivity index (χ2n) is 8.62. The van der Waals surface area contributed by atoms with Gasteiger partial charge in [-0.25, -0.2) is 4.63 Å². The van der Waals surface area contributed by atoms with E-state index < -0.39 is 11.8 Å². The number of anilines is 1. The van der Waals surface area contributed by atoms with Crippen molar-refractivity contribution in [2.75, 3.05) is 38.5 Å². The third-order valence-corrected chi connectivity index (χ3v) is 6.41. The van der Waals surface area contributed by atoms with Crippen molar-refractivity contribution in [2.45, 2.75) is 18.8 Å². The number of nitrogens with zero attached hydrogens (tertiary/aromatic N) is 6. The van der Waals surface area contributed by atoms with E-state index in [0.717, 1.165) is 5.39 Å². The molecule has 1 aromatic carbocycles. The highest BCUT2D eigenvalue weighted by Crippen LogP contribution is 2.34. The summed E-state index contributed by atoms with van der Waals surface area (Å²) >= 11 is 0. The van der Waals surface area contributed by atoms with E-state index in [0.29, 0.717) is 49.6 Å². The largest absolute Gasteiger partial charge is 0.481 e. The van der Waals surface area contributed by atoms with Gasteiger partial charge in [0.05, 0.1) is 11.6 Å². The van der Waals surface area contributed by atoms with Crippen LogP contribution in [0.5, 0.6) is 5.75 Å². The Balaban J connectivity index is 1.23. The van der Waals surface area contributed by atoms with Crippen molar-refractivity contribution in [1.29, 1.82) is 0 Å². The minimum atomic E-state index is -0.536. The molecule has 0 radical (unpaired) electrons. The third kappa shape index (κ3) is 4.21. The van der Waals surface area contributed by atoms with E-state index in [2.05, 4.69) is 25.4 Å². The van der Waals surface area contributed by atoms with E-state index in [1.807, 2.05) is 6.07 Å². The molecule has 2 saturated heterocycles. The molecule has 188 valence electrons. The van der Waals surface area contributed by atoms with Gasteiger partial charge in [0, 0.05) is 45.0 Å². The molecule has 0 bridgehead atoms. The summed E-state index contributed by atoms with van der Waals surface area (Å²) in [5.74, 6) is -1.43. The molecule has 2 aromatic heterocycles. The molecule has 36 heavy (non-hydrogen) atoms. The fourth-order valence-corrected chi connectivity index (χ4v) is 4.54. The van der Waals surface area contributed by atoms with Gasteiger partial charge in [0.15, 0.2) is 6.61 Å². The number of imide groups is 1. The zero-order valence-electron chi connectivity index (χ0n) is 19.5. The van der Waals surface area contributed by atoms with E-state index in [9.17, 15) is 19.2 Å². The molecule has 0 saturated carbocycles. The molecule has 1 unspecified atom stereocenters. The van der Waals surface area contributed by atoms with E-state index in [4.69, 9.17) is 10.5 Å². The Morgan fingerprint density at radius 1 is 1.17 bits per heavy atom. The molecule has 14 heteroatoms. The van der Waals surface area contributed by atoms with Gasteiger partial charge in [-0.3, -0.25) is 29.2 Å². The number of hydrogen-bond acceptors (Lipinski definition) is 10. The van der Waals surface area contributed by atoms with Crippen molar-refractivity contribution >= 4 is 40.3 Å². The molecular formula is C22H24N8O6. The fourth-order valence-electron chi connectivity index (χ4n) is 4.54. The van der Waals surface area contributed by atoms with Gasteiger partial charge in [-0.1, -0.05) is 12.1 Å². The minimum absolute atomic E-state index is 0.0425. The summed E-state index contributed by atoms with van der Waals surface area (Å²) in [7, 11) is 1.74. The number of carbonyl (C=O) groups is 4. The summed E-state index contributed by atoms with van der Waals surface area (Å²) in [6, 6.07) is 5.34. The molecule has 5 rings (SSSR count). The number of aromatic nitrogens is 4. The lowest BCUT2D eigenvalue weighted by molar-refractivity contribution is -0.135. The number of nitrogen functional groups attached to an aromatic ring is 1. The van der Waals surface area contributed by atoms with Crippen molar-refractivity contribution in [3.05, 3.63) is 29.6 Å². The number of ether oxygens (including phenoxy) is 1. The summed E-state index contributed by atoms with van der Waals surface area (Å²) in [5.41, 5.74) is 6.77. The molecule has 4 amide bonds. The van der Waals surface area contributed by atoms with Crippen LogP contribution in [0.2, 0.25) is 0 Å². The number of nitrogens with one attached hydrogen (secondary N) is 1. The van der Waals surface area contributed by atoms with Crippen LogP contribution < -0.4 is 15.8 Å². The lowest BCUT2D eigenvalue weighted by Gasteiger charge is -2.34. The molecule has 2 aliphatic rings. The molecule has 1 atom stereocenters. The van der Waals surface area contributed by atoms with Gasteiger partial charge in [0.25, 0.3) is 11.8 Å². The number of piperidine rings is 1. The maximum atomic E-state index is 12.8. The van der Waals surface area contributed by atoms with Crippen molar-refractivity contribution in [3.63, 3.8) is 0 Å². The second kappa shape index (κ2) is 9.28. The summed E-state index contributed by atoms with van der Waals surface area (Å²) < 4.78 is 12.0. The van der Waals surface area contributed by atoms with Gasteiger partial charge in [0.1, 0.15) is 11.3 Å². The molecule has 2 fully saturated rings. The molecular weight excluding hydrogens is 472 g/mol. The van der Waals surface area contributed by atoms with Gasteiger partial charge < -0.3 is 20.3 Å². The Labute approximate surface area is 204 Å². The van der Waals surface area contributed by atoms with Gasteiger partial charge in [0.2, 0.25) is 23.3 Å². The third-order valence-electron chi connectivity index (χ3n) is 6.41. The first kappa shape index (κ1) is 23.3. The van der Waals surface area contributed by atoms with Gasteiger partial charge in [-0.15, -0.1) is 0 Å². The number of carbonyl (C=O) groups excluding carboxylic acids is 4. The molecule has 0 spiro atoms. The Morgan fingerprint density at radius 2 is 1.92 bits per heavy atom. The van der Waals surface area contributed by atoms with Crippen molar-refractivity contribution in [2.24, 2.45) is 7.05 Å². The van der Waals surface area contributed by atoms with Crippen LogP contribution in [0.15, 0.2) is 22.8 Å². The number of rotatable bonds is 5. The number of fused-ring (bicyclic) bond motifs is 1. The van der Waals surface area contributed by atoms with Crippen molar-refractivity contribution in [3.8, 4) is 5.75 Å². The Morgan fingerprint density at radius 3 is 2.61 bits per heavy atom. The molecule has 4 heterocycles. The minimum Gasteiger partial charge on any atom is -0.481 e. The fraction of sp³-hybridized carbons (Fsp3) is 0.409. The van der Waals surface area contributed by atoms with Gasteiger partial charge >= 0.3 is 0 Å². The second-order valence-corrected chi connectivity index (χ2v) is 8.62. The molecule has 2 aliphatic heterocycles. The average molecular weight is 496 g/mol. The predicted molar refractivity (Wildman–Crippen MR) is 123 cm³/mol. The maximum Gasteiger partial charge on any atom is 0.280 e. The summed E-state index contributed by atoms with van der Waals surface area (Å²) in [6.07, 6.45) is 0.634. The van der Waals surface area contributed by atoms with Crippen LogP contribution in [-0.2, 0) is 21.4 Å². The highest BCUT2D eigenvalue weighted by Gasteiger charge is 2.32. The van der Waals surface area contributed by atoms with Crippen LogP contribution in [0.3, 0.4) is 0 Å². The quantitative estimate of drug-likeness (QED) is 0.434. The van der Waals surface area contributed by atoms with E-state index >= 15 is 0 Å².